The molecule has 0 unspecified atom stereocenters. The first kappa shape index (κ1) is 11.4. The molecule has 3 heteroatoms. The topological polar surface area (TPSA) is 45.8 Å². The van der Waals surface area contributed by atoms with Crippen LogP contribution in [0.4, 0.5) is 0 Å². The molecule has 3 aromatic rings. The summed E-state index contributed by atoms with van der Waals surface area (Å²) in [6, 6.07) is 17.5. The predicted octanol–water partition coefficient (Wildman–Crippen LogP) is 3.56. The Morgan fingerprint density at radius 3 is 2.32 bits per heavy atom. The standard InChI is InChI=1S/C16H12N2O/c19-11-12-6-8-14(9-7-12)16-15(10-17-18-16)13-4-2-1-3-5-13/h1-11H,(H,17,18). The number of hydrogen-bond acceptors (Lipinski definition) is 2. The van der Waals surface area contributed by atoms with E-state index in [2.05, 4.69) is 10.2 Å². The normalized spacial score (nSPS) is 10.3. The zero-order chi connectivity index (χ0) is 13.1. The second kappa shape index (κ2) is 4.90. The highest BCUT2D eigenvalue weighted by molar-refractivity contribution is 5.82. The highest BCUT2D eigenvalue weighted by Crippen LogP contribution is 2.29. The number of nitrogens with zero attached hydrogens (tertiary/aromatic N) is 1. The lowest BCUT2D eigenvalue weighted by Gasteiger charge is -2.03. The number of aromatic amines is 1. The molecule has 0 saturated heterocycles. The summed E-state index contributed by atoms with van der Waals surface area (Å²) in [4.78, 5) is 10.7. The van der Waals surface area contributed by atoms with Crippen LogP contribution in [0.2, 0.25) is 0 Å². The Hall–Kier alpha value is -2.68. The molecular weight excluding hydrogens is 236 g/mol. The van der Waals surface area contributed by atoms with Crippen molar-refractivity contribution in [3.05, 3.63) is 66.4 Å². The van der Waals surface area contributed by atoms with Gasteiger partial charge in [-0.2, -0.15) is 5.10 Å². The van der Waals surface area contributed by atoms with Gasteiger partial charge in [0.15, 0.2) is 0 Å². The van der Waals surface area contributed by atoms with E-state index in [9.17, 15) is 4.79 Å². The average molecular weight is 248 g/mol. The Bertz CT molecular complexity index is 684. The first-order valence-corrected chi connectivity index (χ1v) is 6.03. The predicted molar refractivity (Wildman–Crippen MR) is 74.8 cm³/mol. The van der Waals surface area contributed by atoms with Crippen molar-refractivity contribution in [2.24, 2.45) is 0 Å². The van der Waals surface area contributed by atoms with Crippen LogP contribution in [0.1, 0.15) is 10.4 Å². The molecule has 19 heavy (non-hydrogen) atoms. The number of aldehydes is 1. The molecule has 1 N–H and O–H groups in total. The van der Waals surface area contributed by atoms with Gasteiger partial charge < -0.3 is 0 Å². The van der Waals surface area contributed by atoms with Crippen molar-refractivity contribution >= 4 is 6.29 Å². The van der Waals surface area contributed by atoms with Crippen LogP contribution in [0.5, 0.6) is 0 Å². The van der Waals surface area contributed by atoms with Crippen LogP contribution in [-0.2, 0) is 0 Å². The maximum atomic E-state index is 10.7. The fourth-order valence-corrected chi connectivity index (χ4v) is 2.07. The van der Waals surface area contributed by atoms with Crippen molar-refractivity contribution < 1.29 is 4.79 Å². The van der Waals surface area contributed by atoms with Crippen molar-refractivity contribution in [1.82, 2.24) is 10.2 Å². The zero-order valence-corrected chi connectivity index (χ0v) is 10.2. The van der Waals surface area contributed by atoms with E-state index in [0.717, 1.165) is 28.7 Å². The third-order valence-corrected chi connectivity index (χ3v) is 3.06. The number of nitrogens with one attached hydrogen (secondary N) is 1. The first-order valence-electron chi connectivity index (χ1n) is 6.03. The smallest absolute Gasteiger partial charge is 0.150 e. The van der Waals surface area contributed by atoms with Gasteiger partial charge in [0.25, 0.3) is 0 Å². The molecule has 3 rings (SSSR count). The van der Waals surface area contributed by atoms with E-state index in [1.807, 2.05) is 48.7 Å². The van der Waals surface area contributed by atoms with Crippen LogP contribution in [0.15, 0.2) is 60.8 Å². The van der Waals surface area contributed by atoms with Crippen LogP contribution >= 0.6 is 0 Å². The minimum Gasteiger partial charge on any atom is -0.298 e. The van der Waals surface area contributed by atoms with Gasteiger partial charge in [0.1, 0.15) is 6.29 Å². The third kappa shape index (κ3) is 2.18. The minimum atomic E-state index is 0.671. The molecular formula is C16H12N2O. The molecule has 0 spiro atoms. The summed E-state index contributed by atoms with van der Waals surface area (Å²) in [5.41, 5.74) is 4.82. The zero-order valence-electron chi connectivity index (χ0n) is 10.2. The van der Waals surface area contributed by atoms with Crippen LogP contribution < -0.4 is 0 Å². The van der Waals surface area contributed by atoms with Gasteiger partial charge in [-0.25, -0.2) is 0 Å². The van der Waals surface area contributed by atoms with Crippen molar-refractivity contribution in [2.75, 3.05) is 0 Å². The van der Waals surface area contributed by atoms with Crippen LogP contribution in [-0.4, -0.2) is 16.5 Å². The molecule has 1 heterocycles. The van der Waals surface area contributed by atoms with Crippen LogP contribution in [0, 0.1) is 0 Å². The average Bonchev–Trinajstić information content (AvgIpc) is 2.98. The Labute approximate surface area is 110 Å². The van der Waals surface area contributed by atoms with E-state index in [1.54, 1.807) is 12.1 Å². The van der Waals surface area contributed by atoms with E-state index in [4.69, 9.17) is 0 Å². The molecule has 0 aliphatic heterocycles. The fourth-order valence-electron chi connectivity index (χ4n) is 2.07. The molecule has 2 aromatic carbocycles. The summed E-state index contributed by atoms with van der Waals surface area (Å²) < 4.78 is 0. The second-order valence-corrected chi connectivity index (χ2v) is 4.26. The number of carbonyl (C=O) groups is 1. The Morgan fingerprint density at radius 2 is 1.63 bits per heavy atom. The second-order valence-electron chi connectivity index (χ2n) is 4.26. The summed E-state index contributed by atoms with van der Waals surface area (Å²) >= 11 is 0. The SMILES string of the molecule is O=Cc1ccc(-c2[nH]ncc2-c2ccccc2)cc1. The summed E-state index contributed by atoms with van der Waals surface area (Å²) in [6.45, 7) is 0. The van der Waals surface area contributed by atoms with E-state index >= 15 is 0 Å². The molecule has 0 aliphatic rings. The summed E-state index contributed by atoms with van der Waals surface area (Å²) in [5.74, 6) is 0. The molecule has 0 bridgehead atoms. The van der Waals surface area contributed by atoms with Crippen molar-refractivity contribution in [3.8, 4) is 22.4 Å². The summed E-state index contributed by atoms with van der Waals surface area (Å²) in [7, 11) is 0. The quantitative estimate of drug-likeness (QED) is 0.720. The van der Waals surface area contributed by atoms with Crippen molar-refractivity contribution in [3.63, 3.8) is 0 Å². The third-order valence-electron chi connectivity index (χ3n) is 3.06. The molecule has 92 valence electrons. The van der Waals surface area contributed by atoms with E-state index < -0.39 is 0 Å². The van der Waals surface area contributed by atoms with E-state index in [1.165, 1.54) is 0 Å². The van der Waals surface area contributed by atoms with Crippen molar-refractivity contribution in [1.29, 1.82) is 0 Å². The number of aromatic nitrogens is 2. The maximum absolute atomic E-state index is 10.7. The minimum absolute atomic E-state index is 0.671. The van der Waals surface area contributed by atoms with Gasteiger partial charge in [-0.15, -0.1) is 0 Å². The number of benzene rings is 2. The molecule has 0 atom stereocenters. The highest BCUT2D eigenvalue weighted by atomic mass is 16.1. The maximum Gasteiger partial charge on any atom is 0.150 e. The van der Waals surface area contributed by atoms with Gasteiger partial charge in [-0.1, -0.05) is 54.6 Å². The molecule has 3 nitrogen and oxygen atoms in total. The Balaban J connectivity index is 2.06. The highest BCUT2D eigenvalue weighted by Gasteiger charge is 2.09. The van der Waals surface area contributed by atoms with Crippen molar-refractivity contribution in [2.45, 2.75) is 0 Å². The van der Waals surface area contributed by atoms with Gasteiger partial charge in [0.2, 0.25) is 0 Å². The Kier molecular flexibility index (Phi) is 2.94. The number of carbonyl (C=O) groups excluding carboxylic acids is 1. The summed E-state index contributed by atoms with van der Waals surface area (Å²) in [6.07, 6.45) is 2.66. The number of H-pyrrole nitrogens is 1. The number of hydrogen-bond donors (Lipinski definition) is 1. The molecule has 1 aromatic heterocycles. The van der Waals surface area contributed by atoms with E-state index in [-0.39, 0.29) is 0 Å². The molecule has 0 radical (unpaired) electrons. The largest absolute Gasteiger partial charge is 0.298 e. The lowest BCUT2D eigenvalue weighted by Crippen LogP contribution is -1.84. The monoisotopic (exact) mass is 248 g/mol. The Morgan fingerprint density at radius 1 is 0.895 bits per heavy atom. The van der Waals surface area contributed by atoms with Gasteiger partial charge >= 0.3 is 0 Å². The molecule has 0 aliphatic carbocycles. The van der Waals surface area contributed by atoms with E-state index in [0.29, 0.717) is 5.56 Å². The van der Waals surface area contributed by atoms with Crippen LogP contribution in [0.25, 0.3) is 22.4 Å². The molecule has 0 fully saturated rings. The van der Waals surface area contributed by atoms with Crippen LogP contribution in [0.3, 0.4) is 0 Å². The van der Waals surface area contributed by atoms with Gasteiger partial charge in [0.05, 0.1) is 11.9 Å². The summed E-state index contributed by atoms with van der Waals surface area (Å²) in [5, 5.41) is 7.14. The molecule has 0 amide bonds. The van der Waals surface area contributed by atoms with Gasteiger partial charge in [0, 0.05) is 16.7 Å². The number of rotatable bonds is 3. The lowest BCUT2D eigenvalue weighted by molar-refractivity contribution is 0.112. The van der Waals surface area contributed by atoms with Gasteiger partial charge in [-0.05, 0) is 5.56 Å². The van der Waals surface area contributed by atoms with Gasteiger partial charge in [-0.3, -0.25) is 9.89 Å². The first-order chi connectivity index (χ1) is 9.38. The molecule has 0 saturated carbocycles. The fraction of sp³-hybridized carbons (Fsp3) is 0. The lowest BCUT2D eigenvalue weighted by atomic mass is 10.0.